The van der Waals surface area contributed by atoms with Crippen LogP contribution in [0.1, 0.15) is 51.9 Å². The summed E-state index contributed by atoms with van der Waals surface area (Å²) in [5.74, 6) is -0.486. The molecule has 0 aromatic rings. The molecule has 0 saturated carbocycles. The molecule has 7 heteroatoms. The van der Waals surface area contributed by atoms with E-state index in [4.69, 9.17) is 4.55 Å². The van der Waals surface area contributed by atoms with Crippen LogP contribution in [0.2, 0.25) is 0 Å². The van der Waals surface area contributed by atoms with Crippen molar-refractivity contribution < 1.29 is 21.4 Å². The Hall–Kier alpha value is -0.140. The third-order valence-electron chi connectivity index (χ3n) is 2.32. The van der Waals surface area contributed by atoms with Gasteiger partial charge in [0.2, 0.25) is 0 Å². The van der Waals surface area contributed by atoms with Crippen molar-refractivity contribution in [1.82, 2.24) is 0 Å². The van der Waals surface area contributed by atoms with E-state index in [2.05, 4.69) is 6.92 Å². The highest BCUT2D eigenvalue weighted by molar-refractivity contribution is 8.64. The predicted molar refractivity (Wildman–Crippen MR) is 63.3 cm³/mol. The molecule has 98 valence electrons. The topological polar surface area (TPSA) is 88.5 Å². The summed E-state index contributed by atoms with van der Waals surface area (Å²) in [5.41, 5.74) is 0. The third kappa shape index (κ3) is 6.44. The molecule has 1 N–H and O–H groups in total. The van der Waals surface area contributed by atoms with Gasteiger partial charge in [-0.25, -0.2) is 8.42 Å². The molecule has 0 aromatic carbocycles. The summed E-state index contributed by atoms with van der Waals surface area (Å²) in [5, 5.41) is 0. The fourth-order valence-electron chi connectivity index (χ4n) is 1.34. The first-order valence-electron chi connectivity index (χ1n) is 5.51. The first kappa shape index (κ1) is 15.9. The highest BCUT2D eigenvalue weighted by Crippen LogP contribution is 2.09. The molecule has 0 aliphatic heterocycles. The Bertz CT molecular complexity index is 369. The second-order valence-electron chi connectivity index (χ2n) is 3.81. The summed E-state index contributed by atoms with van der Waals surface area (Å²) >= 11 is 0. The molecule has 0 radical (unpaired) electrons. The van der Waals surface area contributed by atoms with Crippen LogP contribution in [0.15, 0.2) is 0 Å². The van der Waals surface area contributed by atoms with Gasteiger partial charge in [0.15, 0.2) is 0 Å². The van der Waals surface area contributed by atoms with E-state index in [1.54, 1.807) is 0 Å². The molecular weight excluding hydrogens is 252 g/mol. The number of hydrogen-bond acceptors (Lipinski definition) is 4. The minimum Gasteiger partial charge on any atom is -0.274 e. The Balaban J connectivity index is 3.68. The molecule has 0 aromatic heterocycles. The minimum atomic E-state index is -4.93. The summed E-state index contributed by atoms with van der Waals surface area (Å²) < 4.78 is 51.2. The largest absolute Gasteiger partial charge is 0.372 e. The lowest BCUT2D eigenvalue weighted by Gasteiger charge is -2.01. The van der Waals surface area contributed by atoms with Gasteiger partial charge >= 0.3 is 9.15 Å². The highest BCUT2D eigenvalue weighted by Gasteiger charge is 2.25. The van der Waals surface area contributed by atoms with Crippen molar-refractivity contribution in [3.63, 3.8) is 0 Å². The number of unbranched alkanes of at least 4 members (excludes halogenated alkanes) is 6. The summed E-state index contributed by atoms with van der Waals surface area (Å²) in [6.45, 7) is 2.11. The zero-order valence-electron chi connectivity index (χ0n) is 9.55. The van der Waals surface area contributed by atoms with E-state index in [0.29, 0.717) is 6.42 Å². The smallest absolute Gasteiger partial charge is 0.274 e. The van der Waals surface area contributed by atoms with Crippen LogP contribution in [-0.4, -0.2) is 27.1 Å². The maximum atomic E-state index is 10.9. The van der Waals surface area contributed by atoms with Crippen molar-refractivity contribution in [3.05, 3.63) is 0 Å². The highest BCUT2D eigenvalue weighted by atomic mass is 33.2. The van der Waals surface area contributed by atoms with Gasteiger partial charge in [0.1, 0.15) is 0 Å². The fourth-order valence-corrected chi connectivity index (χ4v) is 3.09. The second kappa shape index (κ2) is 7.24. The van der Waals surface area contributed by atoms with E-state index in [1.165, 1.54) is 6.42 Å². The van der Waals surface area contributed by atoms with Crippen LogP contribution in [0, 0.1) is 0 Å². The Morgan fingerprint density at radius 2 is 1.25 bits per heavy atom. The molecule has 0 heterocycles. The molecule has 0 aliphatic carbocycles. The third-order valence-corrected chi connectivity index (χ3v) is 6.17. The fraction of sp³-hybridized carbons (Fsp3) is 1.00. The Labute approximate surface area is 97.3 Å². The van der Waals surface area contributed by atoms with Gasteiger partial charge in [-0.2, -0.15) is 8.42 Å². The van der Waals surface area contributed by atoms with E-state index >= 15 is 0 Å². The average molecular weight is 272 g/mol. The lowest BCUT2D eigenvalue weighted by Crippen LogP contribution is -2.17. The molecular formula is C9H20O5S2. The lowest BCUT2D eigenvalue weighted by atomic mass is 10.1. The monoisotopic (exact) mass is 272 g/mol. The molecule has 0 spiro atoms. The van der Waals surface area contributed by atoms with Crippen molar-refractivity contribution in [1.29, 1.82) is 0 Å². The summed E-state index contributed by atoms with van der Waals surface area (Å²) in [6.07, 6.45) is 6.36. The maximum absolute atomic E-state index is 10.9. The van der Waals surface area contributed by atoms with Crippen LogP contribution < -0.4 is 0 Å². The molecule has 5 nitrogen and oxygen atoms in total. The van der Waals surface area contributed by atoms with Crippen molar-refractivity contribution in [2.75, 3.05) is 5.75 Å². The van der Waals surface area contributed by atoms with Gasteiger partial charge in [0, 0.05) is 0 Å². The van der Waals surface area contributed by atoms with Crippen LogP contribution in [0.25, 0.3) is 0 Å². The van der Waals surface area contributed by atoms with Gasteiger partial charge in [-0.3, -0.25) is 4.55 Å². The van der Waals surface area contributed by atoms with Crippen LogP contribution in [0.4, 0.5) is 0 Å². The van der Waals surface area contributed by atoms with E-state index < -0.39 is 23.8 Å². The molecule has 0 unspecified atom stereocenters. The van der Waals surface area contributed by atoms with E-state index in [0.717, 1.165) is 25.7 Å². The van der Waals surface area contributed by atoms with Crippen molar-refractivity contribution in [2.24, 2.45) is 0 Å². The van der Waals surface area contributed by atoms with Crippen LogP contribution in [0.3, 0.4) is 0 Å². The Kier molecular flexibility index (Phi) is 7.17. The molecule has 0 aliphatic rings. The van der Waals surface area contributed by atoms with E-state index in [1.807, 2.05) is 0 Å². The zero-order chi connectivity index (χ0) is 12.7. The molecule has 0 rings (SSSR count). The van der Waals surface area contributed by atoms with E-state index in [-0.39, 0.29) is 6.42 Å². The average Bonchev–Trinajstić information content (AvgIpc) is 2.14. The SMILES string of the molecule is CCCCCCCCCS(=O)(=O)S(=O)(=O)O. The maximum Gasteiger partial charge on any atom is 0.372 e. The van der Waals surface area contributed by atoms with Crippen molar-refractivity contribution in [2.45, 2.75) is 51.9 Å². The molecule has 16 heavy (non-hydrogen) atoms. The summed E-state index contributed by atoms with van der Waals surface area (Å²) in [4.78, 5) is 0. The standard InChI is InChI=1S/C9H20O5S2/c1-2-3-4-5-6-7-8-9-15(10,11)16(12,13)14/h2-9H2,1H3,(H,12,13,14). The van der Waals surface area contributed by atoms with Crippen molar-refractivity contribution >= 4 is 18.0 Å². The lowest BCUT2D eigenvalue weighted by molar-refractivity contribution is 0.492. The number of rotatable bonds is 9. The molecule has 0 amide bonds. The first-order valence-corrected chi connectivity index (χ1v) is 9.12. The molecule has 0 atom stereocenters. The van der Waals surface area contributed by atoms with E-state index in [9.17, 15) is 16.8 Å². The quantitative estimate of drug-likeness (QED) is 0.394. The molecule has 0 fully saturated rings. The van der Waals surface area contributed by atoms with Gasteiger partial charge < -0.3 is 0 Å². The first-order chi connectivity index (χ1) is 7.31. The second-order valence-corrected chi connectivity index (χ2v) is 8.98. The van der Waals surface area contributed by atoms with Crippen molar-refractivity contribution in [3.8, 4) is 0 Å². The molecule has 0 saturated heterocycles. The predicted octanol–water partition coefficient (Wildman–Crippen LogP) is 1.95. The normalized spacial score (nSPS) is 12.9. The van der Waals surface area contributed by atoms with Gasteiger partial charge in [-0.05, 0) is 6.42 Å². The van der Waals surface area contributed by atoms with Gasteiger partial charge in [-0.15, -0.1) is 0 Å². The zero-order valence-corrected chi connectivity index (χ0v) is 11.2. The number of hydrogen-bond donors (Lipinski definition) is 1. The van der Waals surface area contributed by atoms with Gasteiger partial charge in [0.05, 0.1) is 5.75 Å². The summed E-state index contributed by atoms with van der Waals surface area (Å²) in [6, 6.07) is 0. The van der Waals surface area contributed by atoms with Crippen LogP contribution in [0.5, 0.6) is 0 Å². The van der Waals surface area contributed by atoms with Gasteiger partial charge in [0.25, 0.3) is 8.87 Å². The Morgan fingerprint density at radius 1 is 0.812 bits per heavy atom. The van der Waals surface area contributed by atoms with Gasteiger partial charge in [-0.1, -0.05) is 45.4 Å². The molecule has 0 bridgehead atoms. The Morgan fingerprint density at radius 3 is 1.69 bits per heavy atom. The van der Waals surface area contributed by atoms with Crippen LogP contribution in [-0.2, 0) is 18.0 Å². The summed E-state index contributed by atoms with van der Waals surface area (Å²) in [7, 11) is -9.30. The minimum absolute atomic E-state index is 0.286. The van der Waals surface area contributed by atoms with Crippen LogP contribution >= 0.6 is 0 Å².